The van der Waals surface area contributed by atoms with Crippen molar-refractivity contribution in [1.29, 1.82) is 0 Å². The third kappa shape index (κ3) is 6.31. The smallest absolute Gasteiger partial charge is 0.211 e. The third-order valence-electron chi connectivity index (χ3n) is 1.99. The van der Waals surface area contributed by atoms with E-state index in [1.54, 1.807) is 6.92 Å². The van der Waals surface area contributed by atoms with Crippen molar-refractivity contribution < 1.29 is 13.5 Å². The summed E-state index contributed by atoms with van der Waals surface area (Å²) in [7, 11) is -3.08. The van der Waals surface area contributed by atoms with Crippen molar-refractivity contribution in [1.82, 2.24) is 9.62 Å². The Morgan fingerprint density at radius 2 is 1.93 bits per heavy atom. The Bertz CT molecular complexity index is 229. The molecule has 2 N–H and O–H groups in total. The molecular weight excluding hydrogens is 204 g/mol. The molecule has 0 aromatic rings. The van der Waals surface area contributed by atoms with Crippen molar-refractivity contribution in [2.45, 2.75) is 13.8 Å². The highest BCUT2D eigenvalue weighted by molar-refractivity contribution is 7.89. The van der Waals surface area contributed by atoms with Gasteiger partial charge in [0.05, 0.1) is 12.4 Å². The van der Waals surface area contributed by atoms with E-state index >= 15 is 0 Å². The second-order valence-corrected chi connectivity index (χ2v) is 5.05. The van der Waals surface area contributed by atoms with Crippen molar-refractivity contribution in [2.24, 2.45) is 0 Å². The van der Waals surface area contributed by atoms with Gasteiger partial charge in [-0.05, 0) is 13.5 Å². The maximum Gasteiger partial charge on any atom is 0.211 e. The Balaban J connectivity index is 3.71. The van der Waals surface area contributed by atoms with Crippen LogP contribution in [-0.4, -0.2) is 57.0 Å². The number of aliphatic hydroxyl groups excluding tert-OH is 1. The van der Waals surface area contributed by atoms with Crippen molar-refractivity contribution in [2.75, 3.05) is 38.5 Å². The molecule has 5 nitrogen and oxygen atoms in total. The minimum Gasteiger partial charge on any atom is -0.395 e. The van der Waals surface area contributed by atoms with Crippen LogP contribution in [-0.2, 0) is 10.0 Å². The SMILES string of the molecule is CCN(CCO)CCNS(=O)(=O)CC. The van der Waals surface area contributed by atoms with Gasteiger partial charge in [-0.15, -0.1) is 0 Å². The predicted octanol–water partition coefficient (Wildman–Crippen LogP) is -0.760. The van der Waals surface area contributed by atoms with Crippen LogP contribution >= 0.6 is 0 Å². The Labute approximate surface area is 86.2 Å². The van der Waals surface area contributed by atoms with Crippen LogP contribution < -0.4 is 4.72 Å². The van der Waals surface area contributed by atoms with E-state index in [0.717, 1.165) is 6.54 Å². The summed E-state index contributed by atoms with van der Waals surface area (Å²) in [6.07, 6.45) is 0. The first kappa shape index (κ1) is 13.8. The number of nitrogens with zero attached hydrogens (tertiary/aromatic N) is 1. The summed E-state index contributed by atoms with van der Waals surface area (Å²) in [6, 6.07) is 0. The first-order valence-corrected chi connectivity index (χ1v) is 6.51. The first-order chi connectivity index (χ1) is 6.55. The van der Waals surface area contributed by atoms with E-state index in [-0.39, 0.29) is 12.4 Å². The van der Waals surface area contributed by atoms with Gasteiger partial charge >= 0.3 is 0 Å². The molecule has 0 spiro atoms. The van der Waals surface area contributed by atoms with E-state index in [0.29, 0.717) is 19.6 Å². The Morgan fingerprint density at radius 3 is 2.36 bits per heavy atom. The molecule has 0 radical (unpaired) electrons. The van der Waals surface area contributed by atoms with E-state index in [9.17, 15) is 8.42 Å². The molecule has 0 unspecified atom stereocenters. The molecule has 0 rings (SSSR count). The molecule has 14 heavy (non-hydrogen) atoms. The third-order valence-corrected chi connectivity index (χ3v) is 3.40. The average molecular weight is 224 g/mol. The van der Waals surface area contributed by atoms with E-state index in [1.165, 1.54) is 0 Å². The van der Waals surface area contributed by atoms with Crippen molar-refractivity contribution in [3.05, 3.63) is 0 Å². The lowest BCUT2D eigenvalue weighted by molar-refractivity contribution is 0.204. The Morgan fingerprint density at radius 1 is 1.29 bits per heavy atom. The summed E-state index contributed by atoms with van der Waals surface area (Å²) in [5.41, 5.74) is 0. The van der Waals surface area contributed by atoms with Crippen LogP contribution in [0.25, 0.3) is 0 Å². The molecule has 86 valence electrons. The van der Waals surface area contributed by atoms with Gasteiger partial charge in [0, 0.05) is 19.6 Å². The molecular formula is C8H20N2O3S. The zero-order valence-corrected chi connectivity index (χ0v) is 9.68. The van der Waals surface area contributed by atoms with Gasteiger partial charge in [-0.2, -0.15) is 0 Å². The van der Waals surface area contributed by atoms with Gasteiger partial charge in [-0.25, -0.2) is 13.1 Å². The molecule has 0 heterocycles. The number of sulfonamides is 1. The monoisotopic (exact) mass is 224 g/mol. The summed E-state index contributed by atoms with van der Waals surface area (Å²) >= 11 is 0. The van der Waals surface area contributed by atoms with Crippen LogP contribution in [0.15, 0.2) is 0 Å². The fourth-order valence-electron chi connectivity index (χ4n) is 1.03. The minimum absolute atomic E-state index is 0.106. The molecule has 0 saturated heterocycles. The number of hydrogen-bond acceptors (Lipinski definition) is 4. The minimum atomic E-state index is -3.08. The standard InChI is InChI=1S/C8H20N2O3S/c1-3-10(7-8-11)6-5-9-14(12,13)4-2/h9,11H,3-8H2,1-2H3. The second kappa shape index (κ2) is 7.17. The van der Waals surface area contributed by atoms with Gasteiger partial charge in [0.1, 0.15) is 0 Å². The van der Waals surface area contributed by atoms with Crippen LogP contribution in [0.2, 0.25) is 0 Å². The predicted molar refractivity (Wildman–Crippen MR) is 56.7 cm³/mol. The van der Waals surface area contributed by atoms with E-state index < -0.39 is 10.0 Å². The Hall–Kier alpha value is -0.170. The maximum absolute atomic E-state index is 11.0. The largest absolute Gasteiger partial charge is 0.395 e. The molecule has 0 fully saturated rings. The number of aliphatic hydroxyl groups is 1. The van der Waals surface area contributed by atoms with E-state index in [1.807, 2.05) is 11.8 Å². The number of hydrogen-bond donors (Lipinski definition) is 2. The molecule has 0 atom stereocenters. The number of nitrogens with one attached hydrogen (secondary N) is 1. The molecule has 0 saturated carbocycles. The topological polar surface area (TPSA) is 69.6 Å². The van der Waals surface area contributed by atoms with Gasteiger partial charge in [0.2, 0.25) is 10.0 Å². The van der Waals surface area contributed by atoms with Gasteiger partial charge in [-0.3, -0.25) is 0 Å². The number of rotatable bonds is 8. The summed E-state index contributed by atoms with van der Waals surface area (Å²) < 4.78 is 24.6. The molecule has 6 heteroatoms. The fraction of sp³-hybridized carbons (Fsp3) is 1.00. The summed E-state index contributed by atoms with van der Waals surface area (Å²) in [5.74, 6) is 0.110. The molecule has 0 aliphatic heterocycles. The van der Waals surface area contributed by atoms with Crippen LogP contribution in [0.5, 0.6) is 0 Å². The van der Waals surface area contributed by atoms with Crippen molar-refractivity contribution >= 4 is 10.0 Å². The van der Waals surface area contributed by atoms with Crippen LogP contribution in [0, 0.1) is 0 Å². The molecule has 0 aromatic carbocycles. The van der Waals surface area contributed by atoms with Crippen LogP contribution in [0.1, 0.15) is 13.8 Å². The van der Waals surface area contributed by atoms with Gasteiger partial charge in [0.25, 0.3) is 0 Å². The second-order valence-electron chi connectivity index (χ2n) is 2.96. The molecule has 0 aliphatic carbocycles. The van der Waals surface area contributed by atoms with Gasteiger partial charge in [-0.1, -0.05) is 6.92 Å². The zero-order valence-electron chi connectivity index (χ0n) is 8.86. The highest BCUT2D eigenvalue weighted by Gasteiger charge is 2.06. The zero-order chi connectivity index (χ0) is 11.0. The van der Waals surface area contributed by atoms with Crippen LogP contribution in [0.3, 0.4) is 0 Å². The van der Waals surface area contributed by atoms with Gasteiger partial charge in [0.15, 0.2) is 0 Å². The average Bonchev–Trinajstić information content (AvgIpc) is 2.16. The summed E-state index contributed by atoms with van der Waals surface area (Å²) in [5, 5.41) is 8.69. The highest BCUT2D eigenvalue weighted by atomic mass is 32.2. The first-order valence-electron chi connectivity index (χ1n) is 4.86. The summed E-state index contributed by atoms with van der Waals surface area (Å²) in [6.45, 7) is 6.13. The lowest BCUT2D eigenvalue weighted by atomic mass is 10.4. The van der Waals surface area contributed by atoms with Crippen molar-refractivity contribution in [3.8, 4) is 0 Å². The lowest BCUT2D eigenvalue weighted by Gasteiger charge is -2.18. The summed E-state index contributed by atoms with van der Waals surface area (Å²) in [4.78, 5) is 1.98. The van der Waals surface area contributed by atoms with Gasteiger partial charge < -0.3 is 10.0 Å². The molecule has 0 aromatic heterocycles. The maximum atomic E-state index is 11.0. The number of likely N-dealkylation sites (N-methyl/N-ethyl adjacent to an activating group) is 1. The van der Waals surface area contributed by atoms with E-state index in [4.69, 9.17) is 5.11 Å². The van der Waals surface area contributed by atoms with E-state index in [2.05, 4.69) is 4.72 Å². The highest BCUT2D eigenvalue weighted by Crippen LogP contribution is 1.87. The molecule has 0 aliphatic rings. The quantitative estimate of drug-likeness (QED) is 0.568. The fourth-order valence-corrected chi connectivity index (χ4v) is 1.64. The molecule has 0 bridgehead atoms. The lowest BCUT2D eigenvalue weighted by Crippen LogP contribution is -2.36. The van der Waals surface area contributed by atoms with Crippen molar-refractivity contribution in [3.63, 3.8) is 0 Å². The molecule has 0 amide bonds. The normalized spacial score (nSPS) is 12.3. The Kier molecular flexibility index (Phi) is 7.08. The van der Waals surface area contributed by atoms with Crippen LogP contribution in [0.4, 0.5) is 0 Å².